The molecule has 1 amide bonds. The Morgan fingerprint density at radius 1 is 1.31 bits per heavy atom. The van der Waals surface area contributed by atoms with Gasteiger partial charge in [0.15, 0.2) is 0 Å². The van der Waals surface area contributed by atoms with Gasteiger partial charge in [-0.05, 0) is 31.5 Å². The van der Waals surface area contributed by atoms with E-state index in [2.05, 4.69) is 20.7 Å². The van der Waals surface area contributed by atoms with Crippen molar-refractivity contribution in [3.63, 3.8) is 0 Å². The highest BCUT2D eigenvalue weighted by atomic mass is 35.5. The van der Waals surface area contributed by atoms with Crippen LogP contribution < -0.4 is 10.6 Å². The Balaban J connectivity index is 0.00000196. The van der Waals surface area contributed by atoms with Gasteiger partial charge in [0.25, 0.3) is 5.91 Å². The minimum Gasteiger partial charge on any atom is -0.347 e. The largest absolute Gasteiger partial charge is 0.347 e. The standard InChI is InChI=1S/C18H19N5OS.ClH/c24-17(21-14-5-4-8-19-10-14)16-12-25-18(22-16)13-9-20-23(11-13)15-6-2-1-3-7-15;/h1-3,6-7,9,11-12,14,19H,4-5,8,10H2,(H,21,24);1H. The quantitative estimate of drug-likeness (QED) is 0.719. The van der Waals surface area contributed by atoms with Crippen molar-refractivity contribution in [2.45, 2.75) is 18.9 Å². The number of hydrogen-bond donors (Lipinski definition) is 2. The molecular weight excluding hydrogens is 370 g/mol. The SMILES string of the molecule is Cl.O=C(NC1CCCNC1)c1csc(-c2cnn(-c3ccccc3)c2)n1. The van der Waals surface area contributed by atoms with Gasteiger partial charge >= 0.3 is 0 Å². The normalized spacial score (nSPS) is 16.7. The van der Waals surface area contributed by atoms with Gasteiger partial charge in [0.2, 0.25) is 0 Å². The first-order valence-corrected chi connectivity index (χ1v) is 9.25. The Labute approximate surface area is 162 Å². The molecule has 1 aliphatic rings. The maximum atomic E-state index is 12.4. The summed E-state index contributed by atoms with van der Waals surface area (Å²) in [5.74, 6) is -0.105. The summed E-state index contributed by atoms with van der Waals surface area (Å²) >= 11 is 1.46. The molecule has 1 fully saturated rings. The maximum absolute atomic E-state index is 12.4. The van der Waals surface area contributed by atoms with Gasteiger partial charge in [-0.1, -0.05) is 18.2 Å². The molecule has 0 bridgehead atoms. The molecule has 0 saturated carbocycles. The van der Waals surface area contributed by atoms with Gasteiger partial charge in [-0.3, -0.25) is 4.79 Å². The minimum absolute atomic E-state index is 0. The highest BCUT2D eigenvalue weighted by Gasteiger charge is 2.18. The lowest BCUT2D eigenvalue weighted by molar-refractivity contribution is 0.0926. The number of hydrogen-bond acceptors (Lipinski definition) is 5. The summed E-state index contributed by atoms with van der Waals surface area (Å²) in [6.07, 6.45) is 5.81. The van der Waals surface area contributed by atoms with E-state index in [0.717, 1.165) is 42.2 Å². The summed E-state index contributed by atoms with van der Waals surface area (Å²) in [4.78, 5) is 16.9. The molecule has 1 unspecified atom stereocenters. The van der Waals surface area contributed by atoms with Crippen LogP contribution in [0.25, 0.3) is 16.3 Å². The maximum Gasteiger partial charge on any atom is 0.271 e. The Morgan fingerprint density at radius 3 is 2.92 bits per heavy atom. The van der Waals surface area contributed by atoms with Crippen LogP contribution in [0.3, 0.4) is 0 Å². The van der Waals surface area contributed by atoms with Crippen molar-refractivity contribution in [3.05, 3.63) is 53.8 Å². The fourth-order valence-corrected chi connectivity index (χ4v) is 3.68. The zero-order chi connectivity index (χ0) is 17.1. The van der Waals surface area contributed by atoms with Crippen LogP contribution in [-0.2, 0) is 0 Å². The third-order valence-electron chi connectivity index (χ3n) is 4.22. The lowest BCUT2D eigenvalue weighted by atomic mass is 10.1. The summed E-state index contributed by atoms with van der Waals surface area (Å²) in [6.45, 7) is 1.85. The molecule has 0 spiro atoms. The number of carbonyl (C=O) groups excluding carboxylic acids is 1. The fourth-order valence-electron chi connectivity index (χ4n) is 2.90. The molecule has 136 valence electrons. The van der Waals surface area contributed by atoms with E-state index in [1.807, 2.05) is 41.2 Å². The molecule has 1 atom stereocenters. The van der Waals surface area contributed by atoms with Crippen LogP contribution in [0, 0.1) is 0 Å². The Kier molecular flexibility index (Phi) is 6.03. The van der Waals surface area contributed by atoms with E-state index >= 15 is 0 Å². The average Bonchev–Trinajstić information content (AvgIpc) is 3.33. The number of nitrogens with one attached hydrogen (secondary N) is 2. The molecule has 0 aliphatic carbocycles. The van der Waals surface area contributed by atoms with Crippen LogP contribution in [0.5, 0.6) is 0 Å². The highest BCUT2D eigenvalue weighted by Crippen LogP contribution is 2.24. The lowest BCUT2D eigenvalue weighted by Crippen LogP contribution is -2.45. The van der Waals surface area contributed by atoms with Crippen LogP contribution >= 0.6 is 23.7 Å². The van der Waals surface area contributed by atoms with Crippen LogP contribution in [0.2, 0.25) is 0 Å². The van der Waals surface area contributed by atoms with Crippen LogP contribution in [0.1, 0.15) is 23.3 Å². The molecule has 2 aromatic heterocycles. The Hall–Kier alpha value is -2.22. The monoisotopic (exact) mass is 389 g/mol. The average molecular weight is 390 g/mol. The van der Waals surface area contributed by atoms with Crippen molar-refractivity contribution < 1.29 is 4.79 Å². The minimum atomic E-state index is -0.105. The summed E-state index contributed by atoms with van der Waals surface area (Å²) < 4.78 is 1.81. The first-order valence-electron chi connectivity index (χ1n) is 8.37. The molecule has 3 heterocycles. The predicted octanol–water partition coefficient (Wildman–Crippen LogP) is 2.90. The second kappa shape index (κ2) is 8.44. The van der Waals surface area contributed by atoms with E-state index < -0.39 is 0 Å². The van der Waals surface area contributed by atoms with Gasteiger partial charge < -0.3 is 10.6 Å². The Morgan fingerprint density at radius 2 is 2.15 bits per heavy atom. The number of nitrogens with zero attached hydrogens (tertiary/aromatic N) is 3. The van der Waals surface area contributed by atoms with Gasteiger partial charge in [-0.15, -0.1) is 23.7 Å². The van der Waals surface area contributed by atoms with Crippen LogP contribution in [0.15, 0.2) is 48.1 Å². The topological polar surface area (TPSA) is 71.8 Å². The van der Waals surface area contributed by atoms with Crippen molar-refractivity contribution in [2.24, 2.45) is 0 Å². The molecule has 4 rings (SSSR count). The predicted molar refractivity (Wildman–Crippen MR) is 105 cm³/mol. The number of thiazole rings is 1. The third-order valence-corrected chi connectivity index (χ3v) is 5.11. The number of carbonyl (C=O) groups is 1. The number of benzene rings is 1. The van der Waals surface area contributed by atoms with Crippen molar-refractivity contribution in [2.75, 3.05) is 13.1 Å². The van der Waals surface area contributed by atoms with Gasteiger partial charge in [-0.2, -0.15) is 5.10 Å². The van der Waals surface area contributed by atoms with E-state index in [1.54, 1.807) is 11.6 Å². The van der Waals surface area contributed by atoms with Crippen LogP contribution in [0.4, 0.5) is 0 Å². The summed E-state index contributed by atoms with van der Waals surface area (Å²) in [5, 5.41) is 13.3. The Bertz CT molecular complexity index is 857. The number of halogens is 1. The van der Waals surface area contributed by atoms with E-state index in [1.165, 1.54) is 11.3 Å². The number of rotatable bonds is 4. The first kappa shape index (κ1) is 18.6. The summed E-state index contributed by atoms with van der Waals surface area (Å²) in [5.41, 5.74) is 2.37. The molecule has 1 aromatic carbocycles. The lowest BCUT2D eigenvalue weighted by Gasteiger charge is -2.23. The summed E-state index contributed by atoms with van der Waals surface area (Å²) in [7, 11) is 0. The molecular formula is C18H20ClN5OS. The molecule has 3 aromatic rings. The second-order valence-corrected chi connectivity index (χ2v) is 6.92. The molecule has 6 nitrogen and oxygen atoms in total. The number of para-hydroxylation sites is 1. The second-order valence-electron chi connectivity index (χ2n) is 6.06. The zero-order valence-electron chi connectivity index (χ0n) is 14.1. The van der Waals surface area contributed by atoms with E-state index in [0.29, 0.717) is 5.69 Å². The van der Waals surface area contributed by atoms with Crippen molar-refractivity contribution in [3.8, 4) is 16.3 Å². The highest BCUT2D eigenvalue weighted by molar-refractivity contribution is 7.13. The van der Waals surface area contributed by atoms with E-state index in [9.17, 15) is 4.79 Å². The molecule has 26 heavy (non-hydrogen) atoms. The number of amides is 1. The van der Waals surface area contributed by atoms with Crippen LogP contribution in [-0.4, -0.2) is 39.8 Å². The summed E-state index contributed by atoms with van der Waals surface area (Å²) in [6, 6.07) is 10.1. The van der Waals surface area contributed by atoms with E-state index in [4.69, 9.17) is 0 Å². The molecule has 8 heteroatoms. The third kappa shape index (κ3) is 4.12. The van der Waals surface area contributed by atoms with Gasteiger partial charge in [0, 0.05) is 29.7 Å². The number of piperidine rings is 1. The van der Waals surface area contributed by atoms with E-state index in [-0.39, 0.29) is 24.4 Å². The number of aromatic nitrogens is 3. The van der Waals surface area contributed by atoms with Crippen molar-refractivity contribution in [1.82, 2.24) is 25.4 Å². The van der Waals surface area contributed by atoms with Gasteiger partial charge in [0.1, 0.15) is 10.7 Å². The smallest absolute Gasteiger partial charge is 0.271 e. The molecule has 1 aliphatic heterocycles. The van der Waals surface area contributed by atoms with Gasteiger partial charge in [0.05, 0.1) is 11.9 Å². The first-order chi connectivity index (χ1) is 12.3. The van der Waals surface area contributed by atoms with Gasteiger partial charge in [-0.25, -0.2) is 9.67 Å². The van der Waals surface area contributed by atoms with Crippen molar-refractivity contribution in [1.29, 1.82) is 0 Å². The fraction of sp³-hybridized carbons (Fsp3) is 0.278. The molecule has 0 radical (unpaired) electrons. The zero-order valence-corrected chi connectivity index (χ0v) is 15.7. The molecule has 2 N–H and O–H groups in total. The van der Waals surface area contributed by atoms with Crippen molar-refractivity contribution >= 4 is 29.7 Å². The molecule has 1 saturated heterocycles.